The van der Waals surface area contributed by atoms with Crippen molar-refractivity contribution in [3.05, 3.63) is 102 Å². The molecule has 5 rings (SSSR count). The van der Waals surface area contributed by atoms with Crippen LogP contribution in [0, 0.1) is 0 Å². The Morgan fingerprint density at radius 2 is 1.38 bits per heavy atom. The first kappa shape index (κ1) is 22.6. The molecule has 1 unspecified atom stereocenters. The Morgan fingerprint density at radius 3 is 1.94 bits per heavy atom. The molecule has 2 heterocycles. The third kappa shape index (κ3) is 5.01. The number of nitrogens with zero attached hydrogens (tertiary/aromatic N) is 3. The smallest absolute Gasteiger partial charge is 0.234 e. The standard InChI is InChI=1S/C29H33N3O2/c33-27-16-17-30(22-27)20-26-21-31(25-14-8-3-9-15-25)18-19-32(26)29(34)28(23-10-4-1-5-11-23)24-12-6-2-7-13-24/h1-15,26-28,33H,16-22H2/t26?,27-/m0/s1. The fourth-order valence-electron chi connectivity index (χ4n) is 5.39. The number of amides is 1. The van der Waals surface area contributed by atoms with Crippen molar-refractivity contribution in [3.63, 3.8) is 0 Å². The van der Waals surface area contributed by atoms with E-state index in [1.807, 2.05) is 42.5 Å². The summed E-state index contributed by atoms with van der Waals surface area (Å²) >= 11 is 0. The Kier molecular flexibility index (Phi) is 6.93. The van der Waals surface area contributed by atoms with Gasteiger partial charge in [0.25, 0.3) is 0 Å². The first-order valence-electron chi connectivity index (χ1n) is 12.3. The van der Waals surface area contributed by atoms with Gasteiger partial charge in [-0.3, -0.25) is 9.69 Å². The van der Waals surface area contributed by atoms with Gasteiger partial charge in [0.15, 0.2) is 0 Å². The van der Waals surface area contributed by atoms with Crippen molar-refractivity contribution in [1.82, 2.24) is 9.80 Å². The van der Waals surface area contributed by atoms with Gasteiger partial charge in [0.2, 0.25) is 5.91 Å². The monoisotopic (exact) mass is 455 g/mol. The van der Waals surface area contributed by atoms with Gasteiger partial charge >= 0.3 is 0 Å². The van der Waals surface area contributed by atoms with Crippen LogP contribution in [0.4, 0.5) is 5.69 Å². The van der Waals surface area contributed by atoms with E-state index < -0.39 is 0 Å². The third-order valence-corrected chi connectivity index (χ3v) is 7.12. The highest BCUT2D eigenvalue weighted by molar-refractivity contribution is 5.87. The molecule has 0 saturated carbocycles. The van der Waals surface area contributed by atoms with Crippen molar-refractivity contribution in [3.8, 4) is 0 Å². The number of aliphatic hydroxyl groups is 1. The van der Waals surface area contributed by atoms with Gasteiger partial charge in [-0.15, -0.1) is 0 Å². The van der Waals surface area contributed by atoms with E-state index in [9.17, 15) is 9.90 Å². The molecule has 2 saturated heterocycles. The van der Waals surface area contributed by atoms with Crippen LogP contribution in [0.15, 0.2) is 91.0 Å². The highest BCUT2D eigenvalue weighted by Crippen LogP contribution is 2.30. The molecule has 5 nitrogen and oxygen atoms in total. The van der Waals surface area contributed by atoms with Gasteiger partial charge in [-0.1, -0.05) is 78.9 Å². The fraction of sp³-hybridized carbons (Fsp3) is 0.345. The number of carbonyl (C=O) groups is 1. The minimum Gasteiger partial charge on any atom is -0.392 e. The van der Waals surface area contributed by atoms with E-state index >= 15 is 0 Å². The van der Waals surface area contributed by atoms with Gasteiger partial charge < -0.3 is 14.9 Å². The van der Waals surface area contributed by atoms with Gasteiger partial charge in [0, 0.05) is 45.0 Å². The maximum absolute atomic E-state index is 14.2. The predicted octanol–water partition coefficient (Wildman–Crippen LogP) is 3.60. The molecule has 2 aliphatic rings. The zero-order valence-corrected chi connectivity index (χ0v) is 19.5. The summed E-state index contributed by atoms with van der Waals surface area (Å²) in [4.78, 5) is 21.0. The fourth-order valence-corrected chi connectivity index (χ4v) is 5.39. The van der Waals surface area contributed by atoms with E-state index in [1.165, 1.54) is 5.69 Å². The molecule has 1 amide bonds. The summed E-state index contributed by atoms with van der Waals surface area (Å²) in [5, 5.41) is 10.1. The van der Waals surface area contributed by atoms with Crippen LogP contribution in [0.1, 0.15) is 23.5 Å². The minimum absolute atomic E-state index is 0.0571. The second kappa shape index (κ2) is 10.4. The quantitative estimate of drug-likeness (QED) is 0.617. The summed E-state index contributed by atoms with van der Waals surface area (Å²) in [5.74, 6) is -0.160. The topological polar surface area (TPSA) is 47.0 Å². The zero-order chi connectivity index (χ0) is 23.3. The van der Waals surface area contributed by atoms with E-state index in [1.54, 1.807) is 0 Å². The summed E-state index contributed by atoms with van der Waals surface area (Å²) < 4.78 is 0. The lowest BCUT2D eigenvalue weighted by atomic mass is 9.89. The van der Waals surface area contributed by atoms with Crippen LogP contribution in [0.25, 0.3) is 0 Å². The molecule has 0 bridgehead atoms. The second-order valence-electron chi connectivity index (χ2n) is 9.42. The summed E-state index contributed by atoms with van der Waals surface area (Å²) in [7, 11) is 0. The number of carbonyl (C=O) groups excluding carboxylic acids is 1. The SMILES string of the molecule is O=C(C(c1ccccc1)c1ccccc1)N1CCN(c2ccccc2)CC1CN1CC[C@H](O)C1. The number of likely N-dealkylation sites (tertiary alicyclic amines) is 1. The van der Waals surface area contributed by atoms with E-state index in [0.29, 0.717) is 13.1 Å². The molecular weight excluding hydrogens is 422 g/mol. The van der Waals surface area contributed by atoms with Gasteiger partial charge in [0.05, 0.1) is 18.1 Å². The van der Waals surface area contributed by atoms with E-state index in [2.05, 4.69) is 63.2 Å². The van der Waals surface area contributed by atoms with Gasteiger partial charge in [-0.25, -0.2) is 0 Å². The molecule has 0 aromatic heterocycles. The normalized spacial score (nSPS) is 21.2. The molecule has 2 aliphatic heterocycles. The lowest BCUT2D eigenvalue weighted by Crippen LogP contribution is -2.59. The van der Waals surface area contributed by atoms with Crippen LogP contribution in [0.3, 0.4) is 0 Å². The number of piperazine rings is 1. The summed E-state index contributed by atoms with van der Waals surface area (Å²) in [6, 6.07) is 30.8. The Balaban J connectivity index is 1.44. The Hall–Kier alpha value is -3.15. The number of rotatable bonds is 6. The summed E-state index contributed by atoms with van der Waals surface area (Å²) in [6.45, 7) is 4.63. The maximum atomic E-state index is 14.2. The van der Waals surface area contributed by atoms with Crippen molar-refractivity contribution < 1.29 is 9.90 Å². The number of hydrogen-bond acceptors (Lipinski definition) is 4. The molecule has 1 N–H and O–H groups in total. The first-order valence-corrected chi connectivity index (χ1v) is 12.3. The van der Waals surface area contributed by atoms with Crippen LogP contribution in [-0.2, 0) is 4.79 Å². The van der Waals surface area contributed by atoms with E-state index in [-0.39, 0.29) is 24.0 Å². The highest BCUT2D eigenvalue weighted by atomic mass is 16.3. The molecule has 0 radical (unpaired) electrons. The van der Waals surface area contributed by atoms with Crippen LogP contribution in [-0.4, -0.2) is 72.2 Å². The maximum Gasteiger partial charge on any atom is 0.234 e. The van der Waals surface area contributed by atoms with Crippen LogP contribution < -0.4 is 4.90 Å². The van der Waals surface area contributed by atoms with Crippen molar-refractivity contribution in [2.24, 2.45) is 0 Å². The van der Waals surface area contributed by atoms with Gasteiger partial charge in [0.1, 0.15) is 0 Å². The lowest BCUT2D eigenvalue weighted by Gasteiger charge is -2.45. The predicted molar refractivity (Wildman–Crippen MR) is 136 cm³/mol. The van der Waals surface area contributed by atoms with Crippen molar-refractivity contribution >= 4 is 11.6 Å². The Bertz CT molecular complexity index is 1020. The average molecular weight is 456 g/mol. The number of benzene rings is 3. The number of hydrogen-bond donors (Lipinski definition) is 1. The van der Waals surface area contributed by atoms with Crippen molar-refractivity contribution in [2.45, 2.75) is 24.5 Å². The number of para-hydroxylation sites is 1. The number of β-amino-alcohol motifs (C(OH)–C–C–N with tert-alkyl or cyclic N) is 1. The summed E-state index contributed by atoms with van der Waals surface area (Å²) in [5.41, 5.74) is 3.25. The summed E-state index contributed by atoms with van der Waals surface area (Å²) in [6.07, 6.45) is 0.541. The molecule has 3 aromatic rings. The van der Waals surface area contributed by atoms with E-state index in [4.69, 9.17) is 0 Å². The molecule has 0 spiro atoms. The lowest BCUT2D eigenvalue weighted by molar-refractivity contribution is -0.135. The molecule has 2 fully saturated rings. The molecule has 5 heteroatoms. The Morgan fingerprint density at radius 1 is 0.794 bits per heavy atom. The molecule has 34 heavy (non-hydrogen) atoms. The van der Waals surface area contributed by atoms with Crippen LogP contribution >= 0.6 is 0 Å². The first-order chi connectivity index (χ1) is 16.7. The van der Waals surface area contributed by atoms with Gasteiger partial charge in [-0.2, -0.15) is 0 Å². The van der Waals surface area contributed by atoms with Gasteiger partial charge in [-0.05, 0) is 29.7 Å². The highest BCUT2D eigenvalue weighted by Gasteiger charge is 2.37. The van der Waals surface area contributed by atoms with Crippen molar-refractivity contribution in [1.29, 1.82) is 0 Å². The molecule has 3 aromatic carbocycles. The van der Waals surface area contributed by atoms with Crippen LogP contribution in [0.5, 0.6) is 0 Å². The molecular formula is C29H33N3O2. The number of anilines is 1. The molecule has 2 atom stereocenters. The Labute approximate surface area is 202 Å². The molecule has 176 valence electrons. The largest absolute Gasteiger partial charge is 0.392 e. The van der Waals surface area contributed by atoms with E-state index in [0.717, 1.165) is 43.7 Å². The number of aliphatic hydroxyl groups excluding tert-OH is 1. The zero-order valence-electron chi connectivity index (χ0n) is 19.5. The van der Waals surface area contributed by atoms with Crippen molar-refractivity contribution in [2.75, 3.05) is 44.2 Å². The van der Waals surface area contributed by atoms with Crippen LogP contribution in [0.2, 0.25) is 0 Å². The average Bonchev–Trinajstić information content (AvgIpc) is 3.30. The third-order valence-electron chi connectivity index (χ3n) is 7.12. The molecule has 0 aliphatic carbocycles. The second-order valence-corrected chi connectivity index (χ2v) is 9.42. The minimum atomic E-state index is -0.322.